The summed E-state index contributed by atoms with van der Waals surface area (Å²) in [6.45, 7) is 4.00. The Bertz CT molecular complexity index is 782. The Morgan fingerprint density at radius 3 is 2.59 bits per heavy atom. The third kappa shape index (κ3) is 5.40. The Morgan fingerprint density at radius 1 is 1.15 bits per heavy atom. The summed E-state index contributed by atoms with van der Waals surface area (Å²) in [5.41, 5.74) is 2.68. The molecular formula is C22H26N4O. The molecule has 1 unspecified atom stereocenters. The second-order valence-corrected chi connectivity index (χ2v) is 7.05. The second-order valence-electron chi connectivity index (χ2n) is 7.05. The highest BCUT2D eigenvalue weighted by atomic mass is 16.1. The van der Waals surface area contributed by atoms with Crippen LogP contribution in [-0.4, -0.2) is 48.9 Å². The zero-order valence-corrected chi connectivity index (χ0v) is 15.8. The van der Waals surface area contributed by atoms with Gasteiger partial charge in [0.15, 0.2) is 0 Å². The summed E-state index contributed by atoms with van der Waals surface area (Å²) in [4.78, 5) is 17.0. The maximum atomic E-state index is 12.1. The molecule has 1 aliphatic rings. The highest BCUT2D eigenvalue weighted by molar-refractivity contribution is 5.90. The monoisotopic (exact) mass is 362 g/mol. The number of carbonyl (C=O) groups excluding carboxylic acids is 1. The summed E-state index contributed by atoms with van der Waals surface area (Å²) in [5, 5.41) is 11.7. The number of piperazine rings is 1. The molecule has 5 heteroatoms. The number of carbonyl (C=O) groups is 1. The SMILES string of the molecule is CN1CCN(CCCC(=O)Nc2ccc(C#N)cc2)CC1c1ccccc1. The maximum absolute atomic E-state index is 12.1. The van der Waals surface area contributed by atoms with Crippen molar-refractivity contribution in [1.82, 2.24) is 9.80 Å². The molecule has 1 N–H and O–H groups in total. The van der Waals surface area contributed by atoms with Crippen molar-refractivity contribution in [3.05, 3.63) is 65.7 Å². The lowest BCUT2D eigenvalue weighted by atomic mass is 10.0. The number of nitriles is 1. The van der Waals surface area contributed by atoms with Gasteiger partial charge in [-0.25, -0.2) is 0 Å². The number of rotatable bonds is 6. The van der Waals surface area contributed by atoms with E-state index >= 15 is 0 Å². The van der Waals surface area contributed by atoms with E-state index in [2.05, 4.69) is 58.6 Å². The lowest BCUT2D eigenvalue weighted by molar-refractivity contribution is -0.116. The Labute approximate surface area is 161 Å². The number of nitrogens with one attached hydrogen (secondary N) is 1. The van der Waals surface area contributed by atoms with Crippen LogP contribution in [0.2, 0.25) is 0 Å². The molecule has 0 aliphatic carbocycles. The number of benzene rings is 2. The van der Waals surface area contributed by atoms with Crippen molar-refractivity contribution in [3.63, 3.8) is 0 Å². The van der Waals surface area contributed by atoms with Gasteiger partial charge < -0.3 is 10.2 Å². The molecule has 2 aromatic rings. The van der Waals surface area contributed by atoms with Crippen LogP contribution in [0.1, 0.15) is 30.0 Å². The molecule has 140 valence electrons. The van der Waals surface area contributed by atoms with Crippen molar-refractivity contribution in [1.29, 1.82) is 5.26 Å². The summed E-state index contributed by atoms with van der Waals surface area (Å²) in [6, 6.07) is 20.1. The first kappa shape index (κ1) is 19.1. The predicted octanol–water partition coefficient (Wildman–Crippen LogP) is 3.27. The normalized spacial score (nSPS) is 18.0. The molecule has 0 radical (unpaired) electrons. The first-order valence-corrected chi connectivity index (χ1v) is 9.43. The van der Waals surface area contributed by atoms with Crippen molar-refractivity contribution < 1.29 is 4.79 Å². The predicted molar refractivity (Wildman–Crippen MR) is 107 cm³/mol. The van der Waals surface area contributed by atoms with Crippen LogP contribution in [0.4, 0.5) is 5.69 Å². The van der Waals surface area contributed by atoms with Crippen LogP contribution in [0.25, 0.3) is 0 Å². The number of hydrogen-bond donors (Lipinski definition) is 1. The maximum Gasteiger partial charge on any atom is 0.224 e. The fraction of sp³-hybridized carbons (Fsp3) is 0.364. The van der Waals surface area contributed by atoms with E-state index in [1.54, 1.807) is 24.3 Å². The Balaban J connectivity index is 1.44. The van der Waals surface area contributed by atoms with Crippen LogP contribution < -0.4 is 5.32 Å². The van der Waals surface area contributed by atoms with E-state index in [0.717, 1.165) is 38.3 Å². The molecule has 1 fully saturated rings. The molecule has 0 spiro atoms. The highest BCUT2D eigenvalue weighted by Gasteiger charge is 2.25. The molecule has 5 nitrogen and oxygen atoms in total. The van der Waals surface area contributed by atoms with Gasteiger partial charge in [0, 0.05) is 37.8 Å². The van der Waals surface area contributed by atoms with E-state index in [1.807, 2.05) is 0 Å². The Hall–Kier alpha value is -2.68. The van der Waals surface area contributed by atoms with Gasteiger partial charge in [0.2, 0.25) is 5.91 Å². The summed E-state index contributed by atoms with van der Waals surface area (Å²) >= 11 is 0. The largest absolute Gasteiger partial charge is 0.326 e. The van der Waals surface area contributed by atoms with Crippen LogP contribution in [0.15, 0.2) is 54.6 Å². The molecule has 2 aromatic carbocycles. The number of amides is 1. The van der Waals surface area contributed by atoms with Crippen LogP contribution in [0, 0.1) is 11.3 Å². The minimum absolute atomic E-state index is 0.0217. The van der Waals surface area contributed by atoms with E-state index in [4.69, 9.17) is 5.26 Å². The van der Waals surface area contributed by atoms with E-state index < -0.39 is 0 Å². The van der Waals surface area contributed by atoms with Gasteiger partial charge in [-0.05, 0) is 49.8 Å². The third-order valence-electron chi connectivity index (χ3n) is 5.09. The molecule has 1 heterocycles. The average Bonchev–Trinajstić information content (AvgIpc) is 2.70. The van der Waals surface area contributed by atoms with Gasteiger partial charge in [0.1, 0.15) is 0 Å². The molecule has 0 saturated carbocycles. The molecule has 0 aromatic heterocycles. The zero-order chi connectivity index (χ0) is 19.1. The van der Waals surface area contributed by atoms with Gasteiger partial charge in [0.25, 0.3) is 0 Å². The molecular weight excluding hydrogens is 336 g/mol. The zero-order valence-electron chi connectivity index (χ0n) is 15.8. The summed E-state index contributed by atoms with van der Waals surface area (Å²) in [5.74, 6) is 0.0217. The minimum atomic E-state index is 0.0217. The van der Waals surface area contributed by atoms with E-state index in [0.29, 0.717) is 18.0 Å². The molecule has 1 atom stereocenters. The molecule has 1 amide bonds. The third-order valence-corrected chi connectivity index (χ3v) is 5.09. The lowest BCUT2D eigenvalue weighted by Gasteiger charge is -2.39. The first-order chi connectivity index (χ1) is 13.2. The summed E-state index contributed by atoms with van der Waals surface area (Å²) in [6.07, 6.45) is 1.34. The lowest BCUT2D eigenvalue weighted by Crippen LogP contribution is -2.46. The van der Waals surface area contributed by atoms with Gasteiger partial charge >= 0.3 is 0 Å². The number of likely N-dealkylation sites (N-methyl/N-ethyl adjacent to an activating group) is 1. The average molecular weight is 362 g/mol. The van der Waals surface area contributed by atoms with Crippen molar-refractivity contribution in [2.75, 3.05) is 38.5 Å². The van der Waals surface area contributed by atoms with Gasteiger partial charge in [-0.1, -0.05) is 30.3 Å². The van der Waals surface area contributed by atoms with Gasteiger partial charge in [-0.3, -0.25) is 9.69 Å². The van der Waals surface area contributed by atoms with Gasteiger partial charge in [-0.2, -0.15) is 5.26 Å². The van der Waals surface area contributed by atoms with Crippen LogP contribution >= 0.6 is 0 Å². The molecule has 1 aliphatic heterocycles. The molecule has 3 rings (SSSR count). The van der Waals surface area contributed by atoms with E-state index in [1.165, 1.54) is 5.56 Å². The summed E-state index contributed by atoms with van der Waals surface area (Å²) in [7, 11) is 2.18. The fourth-order valence-electron chi connectivity index (χ4n) is 3.48. The van der Waals surface area contributed by atoms with Crippen LogP contribution in [0.3, 0.4) is 0 Å². The topological polar surface area (TPSA) is 59.4 Å². The van der Waals surface area contributed by atoms with E-state index in [9.17, 15) is 4.79 Å². The van der Waals surface area contributed by atoms with E-state index in [-0.39, 0.29) is 5.91 Å². The van der Waals surface area contributed by atoms with Crippen molar-refractivity contribution >= 4 is 11.6 Å². The second kappa shape index (κ2) is 9.31. The first-order valence-electron chi connectivity index (χ1n) is 9.43. The van der Waals surface area contributed by atoms with Crippen molar-refractivity contribution in [2.24, 2.45) is 0 Å². The Kier molecular flexibility index (Phi) is 6.59. The minimum Gasteiger partial charge on any atom is -0.326 e. The summed E-state index contributed by atoms with van der Waals surface area (Å²) < 4.78 is 0. The van der Waals surface area contributed by atoms with Crippen LogP contribution in [-0.2, 0) is 4.79 Å². The number of hydrogen-bond acceptors (Lipinski definition) is 4. The van der Waals surface area contributed by atoms with Gasteiger partial charge in [0.05, 0.1) is 11.6 Å². The number of anilines is 1. The molecule has 1 saturated heterocycles. The number of nitrogens with zero attached hydrogens (tertiary/aromatic N) is 3. The quantitative estimate of drug-likeness (QED) is 0.857. The standard InChI is InChI=1S/C22H26N4O/c1-25-14-15-26(17-21(25)19-6-3-2-4-7-19)13-5-8-22(27)24-20-11-9-18(16-23)10-12-20/h2-4,6-7,9-12,21H,5,8,13-15,17H2,1H3,(H,24,27). The fourth-order valence-corrected chi connectivity index (χ4v) is 3.48. The van der Waals surface area contributed by atoms with Crippen molar-refractivity contribution in [3.8, 4) is 6.07 Å². The van der Waals surface area contributed by atoms with Gasteiger partial charge in [-0.15, -0.1) is 0 Å². The van der Waals surface area contributed by atoms with Crippen LogP contribution in [0.5, 0.6) is 0 Å². The van der Waals surface area contributed by atoms with Crippen molar-refractivity contribution in [2.45, 2.75) is 18.9 Å². The molecule has 0 bridgehead atoms. The Morgan fingerprint density at radius 2 is 1.89 bits per heavy atom. The molecule has 27 heavy (non-hydrogen) atoms. The highest BCUT2D eigenvalue weighted by Crippen LogP contribution is 2.23. The smallest absolute Gasteiger partial charge is 0.224 e.